The largest absolute Gasteiger partial charge is 0.0716 e. The highest BCUT2D eigenvalue weighted by Gasteiger charge is 2.26. The van der Waals surface area contributed by atoms with Crippen molar-refractivity contribution in [2.24, 2.45) is 0 Å². The molecular weight excluding hydrogens is 252 g/mol. The Morgan fingerprint density at radius 1 is 0.524 bits per heavy atom. The molecule has 3 aromatic carbocycles. The van der Waals surface area contributed by atoms with E-state index in [1.807, 2.05) is 0 Å². The first kappa shape index (κ1) is 11.1. The molecule has 0 amide bonds. The summed E-state index contributed by atoms with van der Waals surface area (Å²) in [6.45, 7) is 0. The third-order valence-corrected chi connectivity index (χ3v) is 4.67. The number of allylic oxidation sites excluding steroid dienone is 1. The van der Waals surface area contributed by atoms with Crippen LogP contribution >= 0.6 is 0 Å². The first-order valence-corrected chi connectivity index (χ1v) is 7.45. The molecule has 0 nitrogen and oxygen atoms in total. The fourth-order valence-corrected chi connectivity index (χ4v) is 3.78. The lowest BCUT2D eigenvalue weighted by Gasteiger charge is -2.10. The number of hydrogen-bond donors (Lipinski definition) is 0. The maximum absolute atomic E-state index is 2.39. The zero-order chi connectivity index (χ0) is 13.8. The molecule has 0 saturated heterocycles. The standard InChI is InChI=1S/C21H14/c1-3-9-17-15(7-1)16-8-2-4-10-18(16)20-13-12-14-6-5-11-19(17)21(14)20/h1-11,13H,12H2. The van der Waals surface area contributed by atoms with Gasteiger partial charge in [-0.05, 0) is 50.9 Å². The van der Waals surface area contributed by atoms with Gasteiger partial charge in [0, 0.05) is 0 Å². The van der Waals surface area contributed by atoms with E-state index in [0.29, 0.717) is 0 Å². The minimum absolute atomic E-state index is 1.05. The molecular formula is C21H14. The first-order chi connectivity index (χ1) is 10.4. The van der Waals surface area contributed by atoms with Crippen molar-refractivity contribution in [3.8, 4) is 22.3 Å². The van der Waals surface area contributed by atoms with Crippen LogP contribution in [0.15, 0.2) is 72.8 Å². The predicted molar refractivity (Wildman–Crippen MR) is 88.1 cm³/mol. The molecule has 2 aliphatic rings. The smallest absolute Gasteiger partial charge is 0.00668 e. The Labute approximate surface area is 124 Å². The Morgan fingerprint density at radius 3 is 1.86 bits per heavy atom. The SMILES string of the molecule is C1=C2c3ccccc3-c3ccccc3-c3cccc(c32)C1. The Morgan fingerprint density at radius 2 is 1.10 bits per heavy atom. The Balaban J connectivity index is 2.02. The van der Waals surface area contributed by atoms with Crippen molar-refractivity contribution >= 4 is 5.57 Å². The lowest BCUT2D eigenvalue weighted by molar-refractivity contribution is 1.31. The minimum atomic E-state index is 1.05. The number of fused-ring (bicyclic) bond motifs is 5. The molecule has 0 heteroatoms. The summed E-state index contributed by atoms with van der Waals surface area (Å²) in [6.07, 6.45) is 3.44. The van der Waals surface area contributed by atoms with Gasteiger partial charge in [-0.25, -0.2) is 0 Å². The highest BCUT2D eigenvalue weighted by Crippen LogP contribution is 2.48. The van der Waals surface area contributed by atoms with E-state index in [9.17, 15) is 0 Å². The molecule has 0 radical (unpaired) electrons. The van der Waals surface area contributed by atoms with Crippen molar-refractivity contribution in [3.05, 3.63) is 89.5 Å². The second-order valence-electron chi connectivity index (χ2n) is 5.75. The van der Waals surface area contributed by atoms with E-state index >= 15 is 0 Å². The fourth-order valence-electron chi connectivity index (χ4n) is 3.78. The Bertz CT molecular complexity index is 913. The second-order valence-corrected chi connectivity index (χ2v) is 5.75. The van der Waals surface area contributed by atoms with Crippen molar-refractivity contribution in [2.45, 2.75) is 6.42 Å². The summed E-state index contributed by atoms with van der Waals surface area (Å²) in [5.41, 5.74) is 11.1. The minimum Gasteiger partial charge on any atom is -0.0716 e. The van der Waals surface area contributed by atoms with Crippen LogP contribution in [0.4, 0.5) is 0 Å². The highest BCUT2D eigenvalue weighted by atomic mass is 14.3. The molecule has 5 rings (SSSR count). The van der Waals surface area contributed by atoms with E-state index in [0.717, 1.165) is 6.42 Å². The Kier molecular flexibility index (Phi) is 2.09. The molecule has 21 heavy (non-hydrogen) atoms. The highest BCUT2D eigenvalue weighted by molar-refractivity contribution is 6.03. The lowest BCUT2D eigenvalue weighted by Crippen LogP contribution is -1.89. The maximum atomic E-state index is 2.39. The van der Waals surface area contributed by atoms with Gasteiger partial charge in [0.05, 0.1) is 0 Å². The van der Waals surface area contributed by atoms with E-state index in [4.69, 9.17) is 0 Å². The van der Waals surface area contributed by atoms with E-state index in [2.05, 4.69) is 72.8 Å². The number of benzene rings is 3. The summed E-state index contributed by atoms with van der Waals surface area (Å²) in [4.78, 5) is 0. The topological polar surface area (TPSA) is 0 Å². The van der Waals surface area contributed by atoms with E-state index in [1.54, 1.807) is 0 Å². The van der Waals surface area contributed by atoms with Crippen LogP contribution in [0.3, 0.4) is 0 Å². The van der Waals surface area contributed by atoms with Gasteiger partial charge >= 0.3 is 0 Å². The predicted octanol–water partition coefficient (Wildman–Crippen LogP) is 5.32. The molecule has 2 aliphatic carbocycles. The van der Waals surface area contributed by atoms with Crippen LogP contribution in [0.1, 0.15) is 16.7 Å². The van der Waals surface area contributed by atoms with Crippen molar-refractivity contribution in [1.29, 1.82) is 0 Å². The van der Waals surface area contributed by atoms with Gasteiger partial charge in [-0.3, -0.25) is 0 Å². The van der Waals surface area contributed by atoms with Crippen molar-refractivity contribution < 1.29 is 0 Å². The van der Waals surface area contributed by atoms with E-state index in [1.165, 1.54) is 44.5 Å². The summed E-state index contributed by atoms with van der Waals surface area (Å²) in [7, 11) is 0. The van der Waals surface area contributed by atoms with Crippen molar-refractivity contribution in [1.82, 2.24) is 0 Å². The molecule has 0 N–H and O–H groups in total. The molecule has 0 spiro atoms. The molecule has 0 bridgehead atoms. The van der Waals surface area contributed by atoms with Crippen LogP contribution in [0, 0.1) is 0 Å². The monoisotopic (exact) mass is 266 g/mol. The van der Waals surface area contributed by atoms with Gasteiger partial charge < -0.3 is 0 Å². The number of rotatable bonds is 0. The molecule has 0 aliphatic heterocycles. The molecule has 0 aromatic heterocycles. The summed E-state index contributed by atoms with van der Waals surface area (Å²) >= 11 is 0. The van der Waals surface area contributed by atoms with Gasteiger partial charge in [-0.2, -0.15) is 0 Å². The number of hydrogen-bond acceptors (Lipinski definition) is 0. The lowest BCUT2D eigenvalue weighted by atomic mass is 9.93. The van der Waals surface area contributed by atoms with Crippen molar-refractivity contribution in [2.75, 3.05) is 0 Å². The van der Waals surface area contributed by atoms with E-state index in [-0.39, 0.29) is 0 Å². The van der Waals surface area contributed by atoms with Gasteiger partial charge in [0.2, 0.25) is 0 Å². The summed E-state index contributed by atoms with van der Waals surface area (Å²) in [5.74, 6) is 0. The van der Waals surface area contributed by atoms with Gasteiger partial charge in [-0.15, -0.1) is 0 Å². The van der Waals surface area contributed by atoms with Crippen LogP contribution in [-0.2, 0) is 6.42 Å². The molecule has 0 saturated carbocycles. The van der Waals surface area contributed by atoms with Gasteiger partial charge in [0.25, 0.3) is 0 Å². The van der Waals surface area contributed by atoms with Gasteiger partial charge in [0.1, 0.15) is 0 Å². The summed E-state index contributed by atoms with van der Waals surface area (Å²) < 4.78 is 0. The third-order valence-electron chi connectivity index (χ3n) is 4.67. The fraction of sp³-hybridized carbons (Fsp3) is 0.0476. The van der Waals surface area contributed by atoms with Crippen LogP contribution in [0.25, 0.3) is 27.8 Å². The maximum Gasteiger partial charge on any atom is -0.00668 e. The van der Waals surface area contributed by atoms with Crippen molar-refractivity contribution in [3.63, 3.8) is 0 Å². The quantitative estimate of drug-likeness (QED) is 0.404. The summed E-state index contributed by atoms with van der Waals surface area (Å²) in [6, 6.07) is 24.3. The van der Waals surface area contributed by atoms with Crippen LogP contribution < -0.4 is 0 Å². The molecule has 98 valence electrons. The van der Waals surface area contributed by atoms with Crippen LogP contribution in [0.5, 0.6) is 0 Å². The second kappa shape index (κ2) is 3.95. The average Bonchev–Trinajstić information content (AvgIpc) is 2.94. The van der Waals surface area contributed by atoms with Gasteiger partial charge in [-0.1, -0.05) is 72.8 Å². The van der Waals surface area contributed by atoms with Gasteiger partial charge in [0.15, 0.2) is 0 Å². The molecule has 0 fully saturated rings. The van der Waals surface area contributed by atoms with Crippen LogP contribution in [-0.4, -0.2) is 0 Å². The zero-order valence-corrected chi connectivity index (χ0v) is 11.6. The molecule has 0 unspecified atom stereocenters. The summed E-state index contributed by atoms with van der Waals surface area (Å²) in [5, 5.41) is 0. The molecule has 3 aromatic rings. The average molecular weight is 266 g/mol. The van der Waals surface area contributed by atoms with E-state index < -0.39 is 0 Å². The third kappa shape index (κ3) is 1.39. The first-order valence-electron chi connectivity index (χ1n) is 7.45. The normalized spacial score (nSPS) is 13.8. The Hall–Kier alpha value is -2.60. The molecule has 0 atom stereocenters. The molecule has 0 heterocycles. The van der Waals surface area contributed by atoms with Crippen LogP contribution in [0.2, 0.25) is 0 Å². The zero-order valence-electron chi connectivity index (χ0n) is 11.6.